The van der Waals surface area contributed by atoms with E-state index in [-0.39, 0.29) is 18.0 Å². The van der Waals surface area contributed by atoms with E-state index in [2.05, 4.69) is 6.58 Å². The van der Waals surface area contributed by atoms with Crippen molar-refractivity contribution in [3.63, 3.8) is 0 Å². The molecule has 32 heavy (non-hydrogen) atoms. The molecule has 3 aliphatic rings. The fourth-order valence-electron chi connectivity index (χ4n) is 4.81. The summed E-state index contributed by atoms with van der Waals surface area (Å²) in [6.07, 6.45) is 3.10. The van der Waals surface area contributed by atoms with Gasteiger partial charge in [-0.25, -0.2) is 4.79 Å². The number of benzene rings is 1. The monoisotopic (exact) mass is 432 g/mol. The molecule has 0 N–H and O–H groups in total. The summed E-state index contributed by atoms with van der Waals surface area (Å²) in [5.41, 5.74) is 1.44. The van der Waals surface area contributed by atoms with Crippen LogP contribution in [0.15, 0.2) is 77.4 Å². The molecule has 164 valence electrons. The molecule has 0 spiro atoms. The molecule has 0 radical (unpaired) electrons. The summed E-state index contributed by atoms with van der Waals surface area (Å²) in [6, 6.07) is 8.48. The maximum absolute atomic E-state index is 13.0. The van der Waals surface area contributed by atoms with E-state index in [1.165, 1.54) is 13.0 Å². The first kappa shape index (κ1) is 21.7. The number of carbonyl (C=O) groups is 4. The molecule has 1 aromatic rings. The van der Waals surface area contributed by atoms with Crippen LogP contribution in [0.1, 0.15) is 37.6 Å². The Bertz CT molecular complexity index is 1140. The van der Waals surface area contributed by atoms with Crippen molar-refractivity contribution >= 4 is 23.5 Å². The number of hydrogen-bond donors (Lipinski definition) is 0. The van der Waals surface area contributed by atoms with Crippen LogP contribution in [-0.4, -0.2) is 35.7 Å². The minimum atomic E-state index is -1.02. The van der Waals surface area contributed by atoms with Crippen LogP contribution in [0, 0.1) is 11.3 Å². The molecule has 1 aromatic carbocycles. The van der Waals surface area contributed by atoms with Crippen molar-refractivity contribution in [3.05, 3.63) is 83.0 Å². The summed E-state index contributed by atoms with van der Waals surface area (Å²) in [5, 5.41) is 0. The van der Waals surface area contributed by atoms with Gasteiger partial charge in [0.25, 0.3) is 0 Å². The minimum absolute atomic E-state index is 0.0968. The summed E-state index contributed by atoms with van der Waals surface area (Å²) >= 11 is 0. The number of carbonyl (C=O) groups excluding carboxylic acids is 4. The third-order valence-electron chi connectivity index (χ3n) is 6.55. The van der Waals surface area contributed by atoms with Crippen molar-refractivity contribution in [2.24, 2.45) is 11.3 Å². The average Bonchev–Trinajstić information content (AvgIpc) is 2.99. The SMILES string of the molecule is C=C1C(=O)C=C[C@]2(C)[C@@H]1C=C1CC(=O)C(C)=C1[C@@H](OC(=O)c1ccccc1)[C@@H]2OC(C)=O. The molecular weight excluding hydrogens is 408 g/mol. The van der Waals surface area contributed by atoms with E-state index in [1.54, 1.807) is 43.3 Å². The van der Waals surface area contributed by atoms with Crippen LogP contribution >= 0.6 is 0 Å². The van der Waals surface area contributed by atoms with Crippen LogP contribution in [0.3, 0.4) is 0 Å². The predicted molar refractivity (Wildman–Crippen MR) is 116 cm³/mol. The van der Waals surface area contributed by atoms with Crippen LogP contribution in [0.5, 0.6) is 0 Å². The van der Waals surface area contributed by atoms with E-state index >= 15 is 0 Å². The van der Waals surface area contributed by atoms with Gasteiger partial charge in [0.2, 0.25) is 0 Å². The molecule has 4 rings (SSSR count). The number of rotatable bonds is 3. The maximum Gasteiger partial charge on any atom is 0.338 e. The molecule has 0 saturated heterocycles. The first-order valence-electron chi connectivity index (χ1n) is 10.4. The second-order valence-electron chi connectivity index (χ2n) is 8.62. The smallest absolute Gasteiger partial charge is 0.338 e. The van der Waals surface area contributed by atoms with E-state index < -0.39 is 35.5 Å². The van der Waals surface area contributed by atoms with E-state index in [9.17, 15) is 19.2 Å². The Morgan fingerprint density at radius 2 is 1.81 bits per heavy atom. The minimum Gasteiger partial charge on any atom is -0.457 e. The van der Waals surface area contributed by atoms with Gasteiger partial charge in [-0.2, -0.15) is 0 Å². The Kier molecular flexibility index (Phi) is 5.33. The van der Waals surface area contributed by atoms with Gasteiger partial charge in [-0.15, -0.1) is 0 Å². The molecule has 0 heterocycles. The molecule has 0 amide bonds. The van der Waals surface area contributed by atoms with Gasteiger partial charge in [0.15, 0.2) is 23.8 Å². The topological polar surface area (TPSA) is 86.7 Å². The quantitative estimate of drug-likeness (QED) is 0.535. The zero-order valence-electron chi connectivity index (χ0n) is 18.2. The molecule has 6 nitrogen and oxygen atoms in total. The van der Waals surface area contributed by atoms with Gasteiger partial charge in [-0.05, 0) is 36.3 Å². The molecule has 6 heteroatoms. The summed E-state index contributed by atoms with van der Waals surface area (Å²) in [5.74, 6) is -1.99. The van der Waals surface area contributed by atoms with Gasteiger partial charge >= 0.3 is 11.9 Å². The largest absolute Gasteiger partial charge is 0.457 e. The maximum atomic E-state index is 13.0. The van der Waals surface area contributed by atoms with E-state index in [1.807, 2.05) is 13.0 Å². The van der Waals surface area contributed by atoms with Gasteiger partial charge in [0.05, 0.1) is 5.56 Å². The third kappa shape index (κ3) is 3.45. The van der Waals surface area contributed by atoms with Crippen LogP contribution < -0.4 is 0 Å². The van der Waals surface area contributed by atoms with E-state index in [0.717, 1.165) is 0 Å². The lowest BCUT2D eigenvalue weighted by atomic mass is 9.65. The highest BCUT2D eigenvalue weighted by Crippen LogP contribution is 2.51. The first-order chi connectivity index (χ1) is 15.1. The second-order valence-corrected chi connectivity index (χ2v) is 8.62. The second kappa shape index (κ2) is 7.86. The molecule has 3 aliphatic carbocycles. The Morgan fingerprint density at radius 1 is 1.12 bits per heavy atom. The summed E-state index contributed by atoms with van der Waals surface area (Å²) < 4.78 is 11.7. The van der Waals surface area contributed by atoms with E-state index in [4.69, 9.17) is 9.47 Å². The number of allylic oxidation sites excluding steroid dienone is 4. The molecule has 4 atom stereocenters. The Labute approximate surface area is 186 Å². The number of esters is 2. The number of hydrogen-bond acceptors (Lipinski definition) is 6. The fraction of sp³-hybridized carbons (Fsp3) is 0.308. The van der Waals surface area contributed by atoms with Crippen molar-refractivity contribution < 1.29 is 28.7 Å². The lowest BCUT2D eigenvalue weighted by Crippen LogP contribution is -2.50. The van der Waals surface area contributed by atoms with Crippen molar-refractivity contribution in [2.75, 3.05) is 0 Å². The highest BCUT2D eigenvalue weighted by molar-refractivity contribution is 6.06. The predicted octanol–water partition coefficient (Wildman–Crippen LogP) is 3.69. The van der Waals surface area contributed by atoms with Crippen molar-refractivity contribution in [1.82, 2.24) is 0 Å². The fourth-order valence-corrected chi connectivity index (χ4v) is 4.81. The molecule has 0 saturated carbocycles. The average molecular weight is 432 g/mol. The molecule has 0 bridgehead atoms. The summed E-state index contributed by atoms with van der Waals surface area (Å²) in [7, 11) is 0. The van der Waals surface area contributed by atoms with Gasteiger partial charge < -0.3 is 9.47 Å². The number of Topliss-reactive ketones (excluding diaryl/α,β-unsaturated/α-hetero) is 1. The zero-order valence-corrected chi connectivity index (χ0v) is 18.2. The molecule has 0 aliphatic heterocycles. The molecule has 0 unspecified atom stereocenters. The lowest BCUT2D eigenvalue weighted by Gasteiger charge is -2.43. The summed E-state index contributed by atoms with van der Waals surface area (Å²) in [6.45, 7) is 8.78. The molecular formula is C26H24O6. The highest BCUT2D eigenvalue weighted by Gasteiger charge is 2.54. The summed E-state index contributed by atoms with van der Waals surface area (Å²) in [4.78, 5) is 50.2. The zero-order chi connectivity index (χ0) is 23.2. The Balaban J connectivity index is 1.90. The van der Waals surface area contributed by atoms with Crippen LogP contribution in [0.4, 0.5) is 0 Å². The third-order valence-corrected chi connectivity index (χ3v) is 6.55. The Hall–Kier alpha value is -3.54. The van der Waals surface area contributed by atoms with E-state index in [0.29, 0.717) is 27.9 Å². The van der Waals surface area contributed by atoms with Gasteiger partial charge in [0, 0.05) is 35.8 Å². The molecule has 0 aromatic heterocycles. The Morgan fingerprint density at radius 3 is 2.47 bits per heavy atom. The van der Waals surface area contributed by atoms with Crippen molar-refractivity contribution in [3.8, 4) is 0 Å². The number of ketones is 2. The van der Waals surface area contributed by atoms with Gasteiger partial charge in [-0.3, -0.25) is 14.4 Å². The van der Waals surface area contributed by atoms with Crippen LogP contribution in [-0.2, 0) is 23.9 Å². The lowest BCUT2D eigenvalue weighted by molar-refractivity contribution is -0.160. The van der Waals surface area contributed by atoms with Gasteiger partial charge in [0.1, 0.15) is 0 Å². The van der Waals surface area contributed by atoms with Crippen LogP contribution in [0.25, 0.3) is 0 Å². The first-order valence-corrected chi connectivity index (χ1v) is 10.4. The van der Waals surface area contributed by atoms with Gasteiger partial charge in [-0.1, -0.05) is 43.9 Å². The standard InChI is InChI=1S/C26H24O6/c1-14-19-12-18-13-21(29)15(2)22(18)23(32-25(30)17-8-6-5-7-9-17)24(31-16(3)27)26(19,4)11-10-20(14)28/h5-12,19,23-24H,1,13H2,2-4H3/t19-,23-,24+,26-/m1/s1. The van der Waals surface area contributed by atoms with Crippen molar-refractivity contribution in [1.29, 1.82) is 0 Å². The highest BCUT2D eigenvalue weighted by atomic mass is 16.6. The number of fused-ring (bicyclic) bond motifs is 2. The van der Waals surface area contributed by atoms with Crippen LogP contribution in [0.2, 0.25) is 0 Å². The number of ether oxygens (including phenoxy) is 2. The molecule has 0 fully saturated rings. The normalized spacial score (nSPS) is 29.2. The van der Waals surface area contributed by atoms with Crippen molar-refractivity contribution in [2.45, 2.75) is 39.4 Å².